The van der Waals surface area contributed by atoms with Gasteiger partial charge in [-0.25, -0.2) is 0 Å². The van der Waals surface area contributed by atoms with E-state index in [2.05, 4.69) is 9.80 Å². The lowest BCUT2D eigenvalue weighted by atomic mass is 10.1. The Morgan fingerprint density at radius 2 is 1.62 bits per heavy atom. The maximum atomic E-state index is 10.2. The number of rotatable bonds is 6. The van der Waals surface area contributed by atoms with Crippen LogP contribution in [0.15, 0.2) is 24.3 Å². The lowest BCUT2D eigenvalue weighted by molar-refractivity contribution is 0.141. The van der Waals surface area contributed by atoms with E-state index in [-0.39, 0.29) is 6.61 Å². The SMILES string of the molecule is OCCN1CCCN(CCC(O)c2ccc(Cl)cc2)CC1. The number of aliphatic hydroxyl groups is 2. The number of aliphatic hydroxyl groups excluding tert-OH is 2. The molecule has 21 heavy (non-hydrogen) atoms. The molecule has 118 valence electrons. The molecule has 1 aliphatic heterocycles. The van der Waals surface area contributed by atoms with E-state index in [0.717, 1.165) is 57.7 Å². The summed E-state index contributed by atoms with van der Waals surface area (Å²) in [6.07, 6.45) is 1.43. The van der Waals surface area contributed by atoms with Crippen molar-refractivity contribution in [3.63, 3.8) is 0 Å². The Hall–Kier alpha value is -0.650. The van der Waals surface area contributed by atoms with Gasteiger partial charge in [-0.15, -0.1) is 0 Å². The molecular weight excluding hydrogens is 288 g/mol. The summed E-state index contributed by atoms with van der Waals surface area (Å²) in [5, 5.41) is 19.9. The van der Waals surface area contributed by atoms with Gasteiger partial charge < -0.3 is 15.1 Å². The molecule has 1 atom stereocenters. The zero-order chi connectivity index (χ0) is 15.1. The van der Waals surface area contributed by atoms with Crippen LogP contribution in [0.3, 0.4) is 0 Å². The molecule has 0 aliphatic carbocycles. The first-order valence-corrected chi connectivity index (χ1v) is 8.06. The van der Waals surface area contributed by atoms with E-state index >= 15 is 0 Å². The molecule has 1 aromatic carbocycles. The first kappa shape index (κ1) is 16.7. The molecule has 1 fully saturated rings. The van der Waals surface area contributed by atoms with Gasteiger partial charge in [-0.05, 0) is 43.6 Å². The van der Waals surface area contributed by atoms with Crippen molar-refractivity contribution in [2.24, 2.45) is 0 Å². The second kappa shape index (κ2) is 8.71. The molecule has 1 heterocycles. The van der Waals surface area contributed by atoms with Crippen molar-refractivity contribution in [2.45, 2.75) is 18.9 Å². The van der Waals surface area contributed by atoms with Crippen LogP contribution in [0, 0.1) is 0 Å². The molecule has 1 aliphatic rings. The van der Waals surface area contributed by atoms with Gasteiger partial charge in [0, 0.05) is 31.2 Å². The third-order valence-electron chi connectivity index (χ3n) is 4.07. The average Bonchev–Trinajstić information content (AvgIpc) is 2.71. The van der Waals surface area contributed by atoms with Crippen LogP contribution in [0.25, 0.3) is 0 Å². The van der Waals surface area contributed by atoms with Crippen LogP contribution >= 0.6 is 11.6 Å². The lowest BCUT2D eigenvalue weighted by Gasteiger charge is -2.22. The maximum absolute atomic E-state index is 10.2. The van der Waals surface area contributed by atoms with E-state index in [1.165, 1.54) is 0 Å². The Labute approximate surface area is 131 Å². The van der Waals surface area contributed by atoms with Gasteiger partial charge in [0.15, 0.2) is 0 Å². The second-order valence-electron chi connectivity index (χ2n) is 5.62. The molecule has 0 saturated carbocycles. The average molecular weight is 313 g/mol. The fourth-order valence-corrected chi connectivity index (χ4v) is 2.90. The summed E-state index contributed by atoms with van der Waals surface area (Å²) in [5.74, 6) is 0. The normalized spacial score (nSPS) is 19.4. The summed E-state index contributed by atoms with van der Waals surface area (Å²) in [6, 6.07) is 7.41. The Morgan fingerprint density at radius 3 is 2.24 bits per heavy atom. The Kier molecular flexibility index (Phi) is 6.93. The van der Waals surface area contributed by atoms with E-state index in [0.29, 0.717) is 5.02 Å². The summed E-state index contributed by atoms with van der Waals surface area (Å²) in [7, 11) is 0. The van der Waals surface area contributed by atoms with Crippen LogP contribution in [0.5, 0.6) is 0 Å². The number of hydrogen-bond donors (Lipinski definition) is 2. The molecule has 2 rings (SSSR count). The van der Waals surface area contributed by atoms with Gasteiger partial charge in [-0.3, -0.25) is 4.90 Å². The summed E-state index contributed by atoms with van der Waals surface area (Å²) in [4.78, 5) is 4.70. The zero-order valence-corrected chi connectivity index (χ0v) is 13.2. The Morgan fingerprint density at radius 1 is 1.00 bits per heavy atom. The fourth-order valence-electron chi connectivity index (χ4n) is 2.77. The first-order valence-electron chi connectivity index (χ1n) is 7.68. The van der Waals surface area contributed by atoms with Gasteiger partial charge in [0.05, 0.1) is 12.7 Å². The van der Waals surface area contributed by atoms with Crippen molar-refractivity contribution in [1.29, 1.82) is 0 Å². The number of hydrogen-bond acceptors (Lipinski definition) is 4. The summed E-state index contributed by atoms with van der Waals surface area (Å²) in [5.41, 5.74) is 0.927. The maximum Gasteiger partial charge on any atom is 0.0802 e. The minimum atomic E-state index is -0.431. The molecule has 0 spiro atoms. The minimum Gasteiger partial charge on any atom is -0.395 e. The summed E-state index contributed by atoms with van der Waals surface area (Å²) >= 11 is 5.86. The molecule has 1 unspecified atom stereocenters. The highest BCUT2D eigenvalue weighted by molar-refractivity contribution is 6.30. The number of nitrogens with zero attached hydrogens (tertiary/aromatic N) is 2. The quantitative estimate of drug-likeness (QED) is 0.840. The van der Waals surface area contributed by atoms with E-state index in [1.54, 1.807) is 0 Å². The molecule has 1 aromatic rings. The van der Waals surface area contributed by atoms with Crippen molar-refractivity contribution in [3.05, 3.63) is 34.9 Å². The van der Waals surface area contributed by atoms with Crippen molar-refractivity contribution >= 4 is 11.6 Å². The van der Waals surface area contributed by atoms with Gasteiger partial charge in [0.1, 0.15) is 0 Å². The molecule has 0 aromatic heterocycles. The van der Waals surface area contributed by atoms with Crippen LogP contribution < -0.4 is 0 Å². The summed E-state index contributed by atoms with van der Waals surface area (Å²) < 4.78 is 0. The van der Waals surface area contributed by atoms with E-state index in [9.17, 15) is 5.11 Å². The molecule has 1 saturated heterocycles. The van der Waals surface area contributed by atoms with Crippen molar-refractivity contribution in [3.8, 4) is 0 Å². The van der Waals surface area contributed by atoms with Crippen LogP contribution in [0.4, 0.5) is 0 Å². The van der Waals surface area contributed by atoms with E-state index in [4.69, 9.17) is 16.7 Å². The van der Waals surface area contributed by atoms with Crippen LogP contribution in [0.1, 0.15) is 24.5 Å². The highest BCUT2D eigenvalue weighted by atomic mass is 35.5. The molecular formula is C16H25ClN2O2. The third kappa shape index (κ3) is 5.57. The molecule has 0 radical (unpaired) electrons. The predicted molar refractivity (Wildman–Crippen MR) is 85.6 cm³/mol. The number of benzene rings is 1. The van der Waals surface area contributed by atoms with Gasteiger partial charge >= 0.3 is 0 Å². The molecule has 0 amide bonds. The lowest BCUT2D eigenvalue weighted by Crippen LogP contribution is -2.33. The Bertz CT molecular complexity index is 413. The standard InChI is InChI=1S/C16H25ClN2O2/c17-15-4-2-14(3-5-15)16(21)6-9-18-7-1-8-19(11-10-18)12-13-20/h2-5,16,20-21H,1,6-13H2. The summed E-state index contributed by atoms with van der Waals surface area (Å²) in [6.45, 7) is 6.02. The zero-order valence-electron chi connectivity index (χ0n) is 12.4. The Balaban J connectivity index is 1.76. The van der Waals surface area contributed by atoms with Crippen molar-refractivity contribution in [1.82, 2.24) is 9.80 Å². The highest BCUT2D eigenvalue weighted by Crippen LogP contribution is 2.19. The fraction of sp³-hybridized carbons (Fsp3) is 0.625. The topological polar surface area (TPSA) is 46.9 Å². The molecule has 2 N–H and O–H groups in total. The van der Waals surface area contributed by atoms with Crippen molar-refractivity contribution in [2.75, 3.05) is 45.9 Å². The molecule has 5 heteroatoms. The largest absolute Gasteiger partial charge is 0.395 e. The molecule has 4 nitrogen and oxygen atoms in total. The van der Waals surface area contributed by atoms with E-state index in [1.807, 2.05) is 24.3 Å². The minimum absolute atomic E-state index is 0.231. The van der Waals surface area contributed by atoms with Gasteiger partial charge in [0.25, 0.3) is 0 Å². The smallest absolute Gasteiger partial charge is 0.0802 e. The van der Waals surface area contributed by atoms with Crippen molar-refractivity contribution < 1.29 is 10.2 Å². The van der Waals surface area contributed by atoms with Gasteiger partial charge in [-0.1, -0.05) is 23.7 Å². The first-order chi connectivity index (χ1) is 10.2. The number of β-amino-alcohol motifs (C(OH)–C–C–N with tert-alkyl or cyclic N) is 1. The van der Waals surface area contributed by atoms with Crippen LogP contribution in [-0.4, -0.2) is 65.9 Å². The second-order valence-corrected chi connectivity index (χ2v) is 6.05. The number of halogens is 1. The van der Waals surface area contributed by atoms with Crippen LogP contribution in [0.2, 0.25) is 5.02 Å². The van der Waals surface area contributed by atoms with Gasteiger partial charge in [-0.2, -0.15) is 0 Å². The van der Waals surface area contributed by atoms with Crippen LogP contribution in [-0.2, 0) is 0 Å². The predicted octanol–water partition coefficient (Wildman–Crippen LogP) is 1.76. The highest BCUT2D eigenvalue weighted by Gasteiger charge is 2.16. The third-order valence-corrected chi connectivity index (χ3v) is 4.32. The van der Waals surface area contributed by atoms with Gasteiger partial charge in [0.2, 0.25) is 0 Å². The monoisotopic (exact) mass is 312 g/mol. The van der Waals surface area contributed by atoms with E-state index < -0.39 is 6.10 Å². The molecule has 0 bridgehead atoms.